The Balaban J connectivity index is 2.73. The minimum atomic E-state index is -1.10. The third-order valence-corrected chi connectivity index (χ3v) is 1.33. The molecule has 0 amide bonds. The van der Waals surface area contributed by atoms with Crippen molar-refractivity contribution in [3.05, 3.63) is 23.8 Å². The maximum Gasteiger partial charge on any atom is 0.136 e. The van der Waals surface area contributed by atoms with Gasteiger partial charge in [0.15, 0.2) is 0 Å². The molecule has 3 N–H and O–H groups in total. The van der Waals surface area contributed by atoms with Gasteiger partial charge in [-0.15, -0.1) is 0 Å². The number of hydrogen-bond donors (Lipinski definition) is 2. The van der Waals surface area contributed by atoms with Crippen molar-refractivity contribution in [3.8, 4) is 0 Å². The van der Waals surface area contributed by atoms with Crippen molar-refractivity contribution in [1.29, 1.82) is 0 Å². The fourth-order valence-corrected chi connectivity index (χ4v) is 0.944. The summed E-state index contributed by atoms with van der Waals surface area (Å²) in [6.07, 6.45) is 5.86. The number of rotatable bonds is 0. The van der Waals surface area contributed by atoms with E-state index >= 15 is 0 Å². The van der Waals surface area contributed by atoms with Gasteiger partial charge < -0.3 is 10.8 Å². The molecule has 2 nitrogen and oxygen atoms in total. The van der Waals surface area contributed by atoms with Crippen molar-refractivity contribution in [2.45, 2.75) is 19.1 Å². The van der Waals surface area contributed by atoms with Crippen molar-refractivity contribution < 1.29 is 5.11 Å². The zero-order valence-corrected chi connectivity index (χ0v) is 5.46. The van der Waals surface area contributed by atoms with Crippen LogP contribution in [-0.4, -0.2) is 10.8 Å². The lowest BCUT2D eigenvalue weighted by atomic mass is 9.99. The van der Waals surface area contributed by atoms with Crippen LogP contribution in [0.5, 0.6) is 0 Å². The van der Waals surface area contributed by atoms with Gasteiger partial charge in [-0.25, -0.2) is 0 Å². The molecule has 1 rings (SSSR count). The van der Waals surface area contributed by atoms with E-state index in [0.29, 0.717) is 6.42 Å². The quantitative estimate of drug-likeness (QED) is 0.464. The number of hydrogen-bond acceptors (Lipinski definition) is 2. The number of aliphatic hydroxyl groups is 1. The molecule has 0 aromatic heterocycles. The second kappa shape index (κ2) is 1.97. The summed E-state index contributed by atoms with van der Waals surface area (Å²) in [5, 5.41) is 9.20. The van der Waals surface area contributed by atoms with Crippen LogP contribution < -0.4 is 5.73 Å². The van der Waals surface area contributed by atoms with E-state index in [1.165, 1.54) is 0 Å². The highest BCUT2D eigenvalue weighted by Gasteiger charge is 2.18. The van der Waals surface area contributed by atoms with Crippen molar-refractivity contribution in [3.63, 3.8) is 0 Å². The second-order valence-electron chi connectivity index (χ2n) is 2.54. The molecule has 2 heteroatoms. The van der Waals surface area contributed by atoms with Crippen LogP contribution in [-0.2, 0) is 0 Å². The first-order chi connectivity index (χ1) is 4.10. The van der Waals surface area contributed by atoms with Gasteiger partial charge in [-0.3, -0.25) is 0 Å². The Labute approximate surface area is 54.7 Å². The van der Waals surface area contributed by atoms with E-state index < -0.39 is 5.72 Å². The van der Waals surface area contributed by atoms with Crippen LogP contribution in [0.15, 0.2) is 23.8 Å². The van der Waals surface area contributed by atoms with Crippen LogP contribution in [0.4, 0.5) is 0 Å². The molecule has 0 saturated carbocycles. The molecule has 50 valence electrons. The molecule has 1 aliphatic rings. The van der Waals surface area contributed by atoms with Crippen LogP contribution in [0, 0.1) is 0 Å². The molecular weight excluding hydrogens is 114 g/mol. The predicted molar refractivity (Wildman–Crippen MR) is 36.7 cm³/mol. The maximum absolute atomic E-state index is 9.20. The van der Waals surface area contributed by atoms with E-state index in [4.69, 9.17) is 5.73 Å². The minimum absolute atomic E-state index is 0.545. The van der Waals surface area contributed by atoms with Gasteiger partial charge in [0, 0.05) is 6.42 Å². The summed E-state index contributed by atoms with van der Waals surface area (Å²) < 4.78 is 0. The van der Waals surface area contributed by atoms with E-state index in [9.17, 15) is 5.11 Å². The van der Waals surface area contributed by atoms with Crippen LogP contribution >= 0.6 is 0 Å². The molecule has 0 saturated heterocycles. The molecule has 0 aliphatic heterocycles. The van der Waals surface area contributed by atoms with Crippen LogP contribution in [0.1, 0.15) is 13.3 Å². The molecule has 1 unspecified atom stereocenters. The predicted octanol–water partition coefficient (Wildman–Crippen LogP) is 0.540. The topological polar surface area (TPSA) is 46.2 Å². The van der Waals surface area contributed by atoms with Gasteiger partial charge >= 0.3 is 0 Å². The summed E-state index contributed by atoms with van der Waals surface area (Å²) in [4.78, 5) is 0. The van der Waals surface area contributed by atoms with E-state index in [-0.39, 0.29) is 0 Å². The van der Waals surface area contributed by atoms with Gasteiger partial charge in [-0.2, -0.15) is 0 Å². The van der Waals surface area contributed by atoms with Gasteiger partial charge in [0.05, 0.1) is 0 Å². The Hall–Kier alpha value is -0.600. The van der Waals surface area contributed by atoms with Gasteiger partial charge in [0.1, 0.15) is 5.72 Å². The lowest BCUT2D eigenvalue weighted by Gasteiger charge is -2.21. The first-order valence-corrected chi connectivity index (χ1v) is 2.96. The van der Waals surface area contributed by atoms with E-state index in [1.54, 1.807) is 12.2 Å². The lowest BCUT2D eigenvalue weighted by Crippen LogP contribution is -2.38. The standard InChI is InChI=1S/C7H11NO/c1-6-3-2-4-7(8,9)5-6/h2-4,9H,5,8H2,1H3. The van der Waals surface area contributed by atoms with E-state index in [0.717, 1.165) is 5.57 Å². The number of nitrogens with two attached hydrogens (primary N) is 1. The molecular formula is C7H11NO. The van der Waals surface area contributed by atoms with Gasteiger partial charge in [-0.05, 0) is 13.0 Å². The summed E-state index contributed by atoms with van der Waals surface area (Å²) in [7, 11) is 0. The maximum atomic E-state index is 9.20. The molecule has 0 heterocycles. The first kappa shape index (κ1) is 6.52. The zero-order chi connectivity index (χ0) is 6.91. The van der Waals surface area contributed by atoms with Gasteiger partial charge in [-0.1, -0.05) is 17.7 Å². The molecule has 1 aliphatic carbocycles. The molecule has 0 fully saturated rings. The Bertz CT molecular complexity index is 168. The first-order valence-electron chi connectivity index (χ1n) is 2.96. The summed E-state index contributed by atoms with van der Waals surface area (Å²) in [6, 6.07) is 0. The lowest BCUT2D eigenvalue weighted by molar-refractivity contribution is 0.0974. The molecule has 0 bridgehead atoms. The Morgan fingerprint density at radius 3 is 2.78 bits per heavy atom. The van der Waals surface area contributed by atoms with Gasteiger partial charge in [0.25, 0.3) is 0 Å². The van der Waals surface area contributed by atoms with E-state index in [2.05, 4.69) is 0 Å². The molecule has 9 heavy (non-hydrogen) atoms. The monoisotopic (exact) mass is 125 g/mol. The highest BCUT2D eigenvalue weighted by Crippen LogP contribution is 2.16. The Morgan fingerprint density at radius 2 is 2.44 bits per heavy atom. The molecule has 1 atom stereocenters. The highest BCUT2D eigenvalue weighted by molar-refractivity contribution is 5.22. The fourth-order valence-electron chi connectivity index (χ4n) is 0.944. The summed E-state index contributed by atoms with van der Waals surface area (Å²) in [5.74, 6) is 0. The zero-order valence-electron chi connectivity index (χ0n) is 5.46. The molecule has 0 radical (unpaired) electrons. The van der Waals surface area contributed by atoms with Crippen LogP contribution in [0.3, 0.4) is 0 Å². The minimum Gasteiger partial charge on any atom is -0.372 e. The van der Waals surface area contributed by atoms with Crippen molar-refractivity contribution in [2.24, 2.45) is 5.73 Å². The molecule has 0 spiro atoms. The van der Waals surface area contributed by atoms with Gasteiger partial charge in [0.2, 0.25) is 0 Å². The fraction of sp³-hybridized carbons (Fsp3) is 0.429. The smallest absolute Gasteiger partial charge is 0.136 e. The normalized spacial score (nSPS) is 34.3. The summed E-state index contributed by atoms with van der Waals surface area (Å²) in [6.45, 7) is 1.95. The van der Waals surface area contributed by atoms with Crippen molar-refractivity contribution in [2.75, 3.05) is 0 Å². The van der Waals surface area contributed by atoms with Crippen molar-refractivity contribution >= 4 is 0 Å². The van der Waals surface area contributed by atoms with E-state index in [1.807, 2.05) is 13.0 Å². The van der Waals surface area contributed by atoms with Crippen molar-refractivity contribution in [1.82, 2.24) is 0 Å². The average Bonchev–Trinajstić information content (AvgIpc) is 1.60. The molecule has 0 aromatic rings. The SMILES string of the molecule is CC1=CC=CC(N)(O)C1. The van der Waals surface area contributed by atoms with Crippen LogP contribution in [0.25, 0.3) is 0 Å². The number of allylic oxidation sites excluding steroid dienone is 2. The largest absolute Gasteiger partial charge is 0.372 e. The summed E-state index contributed by atoms with van der Waals surface area (Å²) >= 11 is 0. The average molecular weight is 125 g/mol. The third-order valence-electron chi connectivity index (χ3n) is 1.33. The molecule has 0 aromatic carbocycles. The van der Waals surface area contributed by atoms with Crippen LogP contribution in [0.2, 0.25) is 0 Å². The third kappa shape index (κ3) is 1.66. The summed E-state index contributed by atoms with van der Waals surface area (Å²) in [5.41, 5.74) is 5.41. The highest BCUT2D eigenvalue weighted by atomic mass is 16.3. The Kier molecular flexibility index (Phi) is 1.43. The Morgan fingerprint density at radius 1 is 1.78 bits per heavy atom. The second-order valence-corrected chi connectivity index (χ2v) is 2.54.